The molecule has 7 heteroatoms. The lowest BCUT2D eigenvalue weighted by Crippen LogP contribution is -2.39. The summed E-state index contributed by atoms with van der Waals surface area (Å²) in [6, 6.07) is 55.7. The van der Waals surface area contributed by atoms with Crippen molar-refractivity contribution in [2.24, 2.45) is 11.8 Å². The summed E-state index contributed by atoms with van der Waals surface area (Å²) < 4.78 is 5.45. The Morgan fingerprint density at radius 3 is 1.11 bits per heavy atom. The number of ether oxygens (including phenoxy) is 1. The molecule has 1 fully saturated rings. The van der Waals surface area contributed by atoms with Crippen molar-refractivity contribution in [3.63, 3.8) is 0 Å². The van der Waals surface area contributed by atoms with Crippen LogP contribution in [0.3, 0.4) is 0 Å². The van der Waals surface area contributed by atoms with Gasteiger partial charge in [-0.05, 0) is 118 Å². The van der Waals surface area contributed by atoms with E-state index in [0.717, 1.165) is 39.0 Å². The van der Waals surface area contributed by atoms with Crippen molar-refractivity contribution in [2.75, 3.05) is 16.3 Å². The molecule has 7 nitrogen and oxygen atoms in total. The molecule has 2 unspecified atom stereocenters. The van der Waals surface area contributed by atoms with E-state index in [0.29, 0.717) is 11.1 Å². The SMILES string of the molecule is CC(C)(C)OC(=O)CN1C(=O)C(C#Cc2ccc(N(c3ccccc3)c3ccccc3)cc2)C(C#Cc2ccc(N(c3ccccc3)c3ccccc3)cc2)C1=O. The average molecular weight is 748 g/mol. The van der Waals surface area contributed by atoms with Gasteiger partial charge in [0.2, 0.25) is 11.8 Å². The topological polar surface area (TPSA) is 70.2 Å². The summed E-state index contributed by atoms with van der Waals surface area (Å²) in [5.74, 6) is 8.34. The van der Waals surface area contributed by atoms with Crippen molar-refractivity contribution in [3.8, 4) is 23.7 Å². The minimum Gasteiger partial charge on any atom is -0.459 e. The number of hydrogen-bond donors (Lipinski definition) is 0. The number of esters is 1. The van der Waals surface area contributed by atoms with E-state index in [2.05, 4.69) is 33.5 Å². The molecule has 57 heavy (non-hydrogen) atoms. The van der Waals surface area contributed by atoms with Gasteiger partial charge < -0.3 is 14.5 Å². The number of nitrogens with zero attached hydrogens (tertiary/aromatic N) is 3. The zero-order valence-corrected chi connectivity index (χ0v) is 32.0. The quantitative estimate of drug-likeness (QED) is 0.0878. The Labute approximate surface area is 334 Å². The van der Waals surface area contributed by atoms with Crippen molar-refractivity contribution in [3.05, 3.63) is 181 Å². The highest BCUT2D eigenvalue weighted by Gasteiger charge is 2.47. The lowest BCUT2D eigenvalue weighted by molar-refractivity contribution is -0.160. The first-order valence-corrected chi connectivity index (χ1v) is 18.8. The third kappa shape index (κ3) is 9.14. The van der Waals surface area contributed by atoms with Gasteiger partial charge in [0.05, 0.1) is 0 Å². The highest BCUT2D eigenvalue weighted by molar-refractivity contribution is 6.09. The molecule has 0 radical (unpaired) electrons. The predicted octanol–water partition coefficient (Wildman–Crippen LogP) is 9.97. The molecule has 1 aliphatic heterocycles. The van der Waals surface area contributed by atoms with Crippen LogP contribution in [0.2, 0.25) is 0 Å². The standard InChI is InChI=1S/C50H41N3O4/c1-50(2,3)57-47(54)36-51-48(55)45(34-28-37-24-30-43(31-25-37)52(39-16-8-4-9-17-39)40-18-10-5-11-19-40)46(49(51)56)35-29-38-26-32-44(33-27-38)53(41-20-12-6-13-21-41)42-22-14-7-15-23-42/h4-27,30-33,45-46H,36H2,1-3H3. The van der Waals surface area contributed by atoms with Crippen LogP contribution in [0.1, 0.15) is 31.9 Å². The zero-order chi connectivity index (χ0) is 39.8. The van der Waals surface area contributed by atoms with Crippen molar-refractivity contribution in [2.45, 2.75) is 26.4 Å². The van der Waals surface area contributed by atoms with E-state index in [-0.39, 0.29) is 0 Å². The Bertz CT molecular complexity index is 2220. The number of hydrogen-bond acceptors (Lipinski definition) is 6. The van der Waals surface area contributed by atoms with Crippen molar-refractivity contribution in [1.29, 1.82) is 0 Å². The van der Waals surface area contributed by atoms with Gasteiger partial charge in [-0.3, -0.25) is 19.3 Å². The molecule has 280 valence electrons. The number of carbonyl (C=O) groups excluding carboxylic acids is 3. The van der Waals surface area contributed by atoms with E-state index in [4.69, 9.17) is 4.74 Å². The van der Waals surface area contributed by atoms with E-state index < -0.39 is 41.8 Å². The highest BCUT2D eigenvalue weighted by atomic mass is 16.6. The molecular formula is C50H41N3O4. The van der Waals surface area contributed by atoms with E-state index >= 15 is 0 Å². The van der Waals surface area contributed by atoms with Crippen LogP contribution in [0.15, 0.2) is 170 Å². The van der Waals surface area contributed by atoms with Crippen LogP contribution in [-0.4, -0.2) is 34.8 Å². The number of carbonyl (C=O) groups is 3. The fourth-order valence-corrected chi connectivity index (χ4v) is 6.59. The maximum atomic E-state index is 13.8. The van der Waals surface area contributed by atoms with Crippen LogP contribution in [0, 0.1) is 35.5 Å². The number of imide groups is 1. The first-order valence-electron chi connectivity index (χ1n) is 18.8. The van der Waals surface area contributed by atoms with E-state index in [1.165, 1.54) is 0 Å². The molecule has 0 saturated carbocycles. The molecule has 6 aromatic rings. The van der Waals surface area contributed by atoms with E-state index in [1.54, 1.807) is 20.8 Å². The van der Waals surface area contributed by atoms with Gasteiger partial charge in [0.25, 0.3) is 0 Å². The molecular weight excluding hydrogens is 707 g/mol. The summed E-state index contributed by atoms with van der Waals surface area (Å²) in [6.07, 6.45) is 0. The minimum absolute atomic E-state index is 0.516. The van der Waals surface area contributed by atoms with Crippen LogP contribution in [0.5, 0.6) is 0 Å². The number of benzene rings is 6. The van der Waals surface area contributed by atoms with Crippen LogP contribution in [0.25, 0.3) is 0 Å². The molecule has 6 aromatic carbocycles. The van der Waals surface area contributed by atoms with Gasteiger partial charge in [-0.1, -0.05) is 96.5 Å². The van der Waals surface area contributed by atoms with Gasteiger partial charge >= 0.3 is 5.97 Å². The predicted molar refractivity (Wildman–Crippen MR) is 226 cm³/mol. The molecule has 7 rings (SSSR count). The van der Waals surface area contributed by atoms with Gasteiger partial charge in [0.1, 0.15) is 24.0 Å². The fraction of sp³-hybridized carbons (Fsp3) is 0.140. The number of amides is 2. The second-order valence-corrected chi connectivity index (χ2v) is 14.4. The molecule has 1 saturated heterocycles. The molecule has 0 bridgehead atoms. The van der Waals surface area contributed by atoms with Crippen molar-refractivity contribution in [1.82, 2.24) is 4.90 Å². The second-order valence-electron chi connectivity index (χ2n) is 14.4. The average Bonchev–Trinajstić information content (AvgIpc) is 3.44. The smallest absolute Gasteiger partial charge is 0.326 e. The summed E-state index contributed by atoms with van der Waals surface area (Å²) >= 11 is 0. The van der Waals surface area contributed by atoms with Crippen LogP contribution >= 0.6 is 0 Å². The molecule has 2 amide bonds. The Kier molecular flexibility index (Phi) is 11.3. The first kappa shape index (κ1) is 37.9. The number of para-hydroxylation sites is 4. The van der Waals surface area contributed by atoms with Crippen LogP contribution < -0.4 is 9.80 Å². The maximum absolute atomic E-state index is 13.8. The largest absolute Gasteiger partial charge is 0.459 e. The minimum atomic E-state index is -1.08. The summed E-state index contributed by atoms with van der Waals surface area (Å²) in [4.78, 5) is 45.7. The van der Waals surface area contributed by atoms with E-state index in [1.807, 2.05) is 170 Å². The Morgan fingerprint density at radius 1 is 0.509 bits per heavy atom. The highest BCUT2D eigenvalue weighted by Crippen LogP contribution is 2.36. The number of rotatable bonds is 8. The lowest BCUT2D eigenvalue weighted by Gasteiger charge is -2.25. The third-order valence-corrected chi connectivity index (χ3v) is 9.16. The summed E-state index contributed by atoms with van der Waals surface area (Å²) in [7, 11) is 0. The zero-order valence-electron chi connectivity index (χ0n) is 32.0. The third-order valence-electron chi connectivity index (χ3n) is 9.16. The van der Waals surface area contributed by atoms with Crippen LogP contribution in [-0.2, 0) is 19.1 Å². The van der Waals surface area contributed by atoms with Gasteiger partial charge in [-0.25, -0.2) is 0 Å². The summed E-state index contributed by atoms with van der Waals surface area (Å²) in [6.45, 7) is 4.68. The lowest BCUT2D eigenvalue weighted by atomic mass is 9.95. The Hall–Kier alpha value is -7.35. The Morgan fingerprint density at radius 2 is 0.807 bits per heavy atom. The number of anilines is 6. The maximum Gasteiger partial charge on any atom is 0.326 e. The van der Waals surface area contributed by atoms with Crippen molar-refractivity contribution >= 4 is 51.9 Å². The molecule has 0 aromatic heterocycles. The summed E-state index contributed by atoms with van der Waals surface area (Å²) in [5.41, 5.74) is 6.41. The molecule has 0 spiro atoms. The molecule has 1 aliphatic rings. The van der Waals surface area contributed by atoms with Gasteiger partial charge in [-0.15, -0.1) is 0 Å². The molecule has 2 atom stereocenters. The fourth-order valence-electron chi connectivity index (χ4n) is 6.59. The number of likely N-dealkylation sites (tertiary alicyclic amines) is 1. The Balaban J connectivity index is 1.17. The summed E-state index contributed by atoms with van der Waals surface area (Å²) in [5, 5.41) is 0. The molecule has 1 heterocycles. The van der Waals surface area contributed by atoms with Gasteiger partial charge in [-0.2, -0.15) is 0 Å². The normalized spacial score (nSPS) is 14.8. The van der Waals surface area contributed by atoms with E-state index in [9.17, 15) is 14.4 Å². The van der Waals surface area contributed by atoms with Gasteiger partial charge in [0, 0.05) is 45.3 Å². The van der Waals surface area contributed by atoms with Crippen molar-refractivity contribution < 1.29 is 19.1 Å². The van der Waals surface area contributed by atoms with Crippen LogP contribution in [0.4, 0.5) is 34.1 Å². The van der Waals surface area contributed by atoms with Gasteiger partial charge in [0.15, 0.2) is 0 Å². The molecule has 0 N–H and O–H groups in total. The molecule has 0 aliphatic carbocycles. The first-order chi connectivity index (χ1) is 27.6. The monoisotopic (exact) mass is 747 g/mol. The second kappa shape index (κ2) is 17.0.